The van der Waals surface area contributed by atoms with E-state index >= 15 is 0 Å². The zero-order valence-electron chi connectivity index (χ0n) is 16.7. The van der Waals surface area contributed by atoms with Crippen LogP contribution in [0.4, 0.5) is 0 Å². The molecule has 0 unspecified atom stereocenters. The van der Waals surface area contributed by atoms with Crippen molar-refractivity contribution in [3.63, 3.8) is 0 Å². The van der Waals surface area contributed by atoms with Crippen molar-refractivity contribution in [3.05, 3.63) is 59.7 Å². The van der Waals surface area contributed by atoms with Crippen molar-refractivity contribution < 1.29 is 23.9 Å². The van der Waals surface area contributed by atoms with Crippen LogP contribution in [0.1, 0.15) is 42.7 Å². The Hall–Kier alpha value is -2.74. The molecule has 1 fully saturated rings. The second kappa shape index (κ2) is 9.38. The number of hydroxylamine groups is 1. The molecule has 158 valence electrons. The summed E-state index contributed by atoms with van der Waals surface area (Å²) in [7, 11) is 0. The van der Waals surface area contributed by atoms with Gasteiger partial charge in [0.05, 0.1) is 6.42 Å². The first-order valence-electron chi connectivity index (χ1n) is 10.3. The number of esters is 1. The molecule has 2 aromatic carbocycles. The molecule has 1 amide bonds. The van der Waals surface area contributed by atoms with E-state index in [1.165, 1.54) is 0 Å². The molecule has 30 heavy (non-hydrogen) atoms. The van der Waals surface area contributed by atoms with E-state index in [1.807, 2.05) is 36.4 Å². The van der Waals surface area contributed by atoms with Crippen LogP contribution in [-0.4, -0.2) is 37.4 Å². The van der Waals surface area contributed by atoms with Gasteiger partial charge in [0.1, 0.15) is 12.6 Å². The Labute approximate surface area is 175 Å². The molecule has 3 N–H and O–H groups in total. The van der Waals surface area contributed by atoms with Crippen LogP contribution >= 0.6 is 0 Å². The molecule has 7 nitrogen and oxygen atoms in total. The minimum Gasteiger partial charge on any atom is -0.464 e. The molecule has 2 aliphatic rings. The summed E-state index contributed by atoms with van der Waals surface area (Å²) in [6.07, 6.45) is 2.02. The number of nitrogens with two attached hydrogens (primary N) is 1. The lowest BCUT2D eigenvalue weighted by molar-refractivity contribution is -0.200. The predicted octanol–water partition coefficient (Wildman–Crippen LogP) is 2.63. The molecular weight excluding hydrogens is 384 g/mol. The number of hydrogen-bond donors (Lipinski definition) is 2. The van der Waals surface area contributed by atoms with Gasteiger partial charge >= 0.3 is 5.97 Å². The molecule has 0 saturated carbocycles. The molecule has 7 heteroatoms. The van der Waals surface area contributed by atoms with E-state index in [9.17, 15) is 9.59 Å². The van der Waals surface area contributed by atoms with Gasteiger partial charge in [0.15, 0.2) is 6.29 Å². The summed E-state index contributed by atoms with van der Waals surface area (Å²) in [5, 5.41) is 0. The van der Waals surface area contributed by atoms with Crippen molar-refractivity contribution in [2.75, 3.05) is 13.2 Å². The van der Waals surface area contributed by atoms with Crippen LogP contribution in [0.15, 0.2) is 48.5 Å². The van der Waals surface area contributed by atoms with E-state index in [1.54, 1.807) is 0 Å². The van der Waals surface area contributed by atoms with Crippen molar-refractivity contribution in [2.45, 2.75) is 43.9 Å². The van der Waals surface area contributed by atoms with E-state index < -0.39 is 24.2 Å². The molecule has 0 spiro atoms. The lowest BCUT2D eigenvalue weighted by Gasteiger charge is -2.22. The molecule has 1 heterocycles. The van der Waals surface area contributed by atoms with Crippen LogP contribution in [-0.2, 0) is 23.9 Å². The summed E-state index contributed by atoms with van der Waals surface area (Å²) in [4.78, 5) is 29.6. The number of hydrogen-bond acceptors (Lipinski definition) is 6. The topological polar surface area (TPSA) is 99.9 Å². The van der Waals surface area contributed by atoms with Gasteiger partial charge < -0.3 is 15.2 Å². The highest BCUT2D eigenvalue weighted by Crippen LogP contribution is 2.44. The van der Waals surface area contributed by atoms with E-state index in [-0.39, 0.29) is 18.9 Å². The zero-order chi connectivity index (χ0) is 20.9. The Morgan fingerprint density at radius 3 is 2.37 bits per heavy atom. The minimum atomic E-state index is -1.06. The maximum Gasteiger partial charge on any atom is 0.323 e. The van der Waals surface area contributed by atoms with Gasteiger partial charge in [-0.25, -0.2) is 10.3 Å². The second-order valence-corrected chi connectivity index (χ2v) is 7.61. The minimum absolute atomic E-state index is 0.0471. The third-order valence-corrected chi connectivity index (χ3v) is 5.51. The summed E-state index contributed by atoms with van der Waals surface area (Å²) in [6, 6.07) is 15.1. The largest absolute Gasteiger partial charge is 0.464 e. The quantitative estimate of drug-likeness (QED) is 0.538. The first-order valence-corrected chi connectivity index (χ1v) is 10.3. The maximum absolute atomic E-state index is 12.4. The van der Waals surface area contributed by atoms with Gasteiger partial charge in [0.25, 0.3) is 0 Å². The van der Waals surface area contributed by atoms with Gasteiger partial charge in [-0.2, -0.15) is 0 Å². The second-order valence-electron chi connectivity index (χ2n) is 7.61. The van der Waals surface area contributed by atoms with E-state index in [0.29, 0.717) is 6.61 Å². The molecule has 1 saturated heterocycles. The van der Waals surface area contributed by atoms with E-state index in [2.05, 4.69) is 17.6 Å². The number of fused-ring (bicyclic) bond motifs is 3. The van der Waals surface area contributed by atoms with Crippen LogP contribution in [0.5, 0.6) is 0 Å². The molecule has 2 atom stereocenters. The first-order chi connectivity index (χ1) is 14.6. The molecule has 1 aliphatic carbocycles. The van der Waals surface area contributed by atoms with Crippen LogP contribution in [0.25, 0.3) is 11.1 Å². The predicted molar refractivity (Wildman–Crippen MR) is 110 cm³/mol. The van der Waals surface area contributed by atoms with Crippen molar-refractivity contribution in [1.82, 2.24) is 5.48 Å². The summed E-state index contributed by atoms with van der Waals surface area (Å²) in [5.41, 5.74) is 12.7. The SMILES string of the molecule is N[C@@H](CC(=O)NO[C@H]1CCCCO1)C(=O)OCC1c2ccccc2-c2ccccc21. The highest BCUT2D eigenvalue weighted by atomic mass is 16.8. The van der Waals surface area contributed by atoms with Crippen LogP contribution in [0, 0.1) is 0 Å². The monoisotopic (exact) mass is 410 g/mol. The number of carbonyl (C=O) groups excluding carboxylic acids is 2. The van der Waals surface area contributed by atoms with Crippen LogP contribution < -0.4 is 11.2 Å². The summed E-state index contributed by atoms with van der Waals surface area (Å²) >= 11 is 0. The molecule has 0 bridgehead atoms. The molecule has 2 aromatic rings. The van der Waals surface area contributed by atoms with Crippen LogP contribution in [0.3, 0.4) is 0 Å². The zero-order valence-corrected chi connectivity index (χ0v) is 16.7. The number of benzene rings is 2. The van der Waals surface area contributed by atoms with Gasteiger partial charge in [-0.1, -0.05) is 48.5 Å². The summed E-state index contributed by atoms with van der Waals surface area (Å²) < 4.78 is 10.9. The Morgan fingerprint density at radius 1 is 1.07 bits per heavy atom. The lowest BCUT2D eigenvalue weighted by atomic mass is 9.98. The fourth-order valence-corrected chi connectivity index (χ4v) is 3.97. The van der Waals surface area contributed by atoms with Gasteiger partial charge in [-0.15, -0.1) is 0 Å². The molecule has 1 aliphatic heterocycles. The number of rotatable bonds is 7. The molecular formula is C23H26N2O5. The normalized spacial score (nSPS) is 18.9. The summed E-state index contributed by atoms with van der Waals surface area (Å²) in [6.45, 7) is 0.786. The van der Waals surface area contributed by atoms with E-state index in [4.69, 9.17) is 20.0 Å². The van der Waals surface area contributed by atoms with Crippen LogP contribution in [0.2, 0.25) is 0 Å². The Kier molecular flexibility index (Phi) is 6.42. The fourth-order valence-electron chi connectivity index (χ4n) is 3.97. The average molecular weight is 410 g/mol. The van der Waals surface area contributed by atoms with Crippen molar-refractivity contribution in [2.24, 2.45) is 5.73 Å². The lowest BCUT2D eigenvalue weighted by Crippen LogP contribution is -2.40. The smallest absolute Gasteiger partial charge is 0.323 e. The van der Waals surface area contributed by atoms with Gasteiger partial charge in [0, 0.05) is 18.9 Å². The Balaban J connectivity index is 1.29. The van der Waals surface area contributed by atoms with Crippen molar-refractivity contribution in [3.8, 4) is 11.1 Å². The Bertz CT molecular complexity index is 864. The van der Waals surface area contributed by atoms with Gasteiger partial charge in [-0.05, 0) is 35.1 Å². The van der Waals surface area contributed by atoms with Gasteiger partial charge in [-0.3, -0.25) is 9.59 Å². The number of nitrogens with one attached hydrogen (secondary N) is 1. The van der Waals surface area contributed by atoms with Crippen molar-refractivity contribution >= 4 is 11.9 Å². The summed E-state index contributed by atoms with van der Waals surface area (Å²) in [5.74, 6) is -1.14. The van der Waals surface area contributed by atoms with Gasteiger partial charge in [0.2, 0.25) is 5.91 Å². The molecule has 0 aromatic heterocycles. The first kappa shape index (κ1) is 20.5. The average Bonchev–Trinajstić information content (AvgIpc) is 3.10. The highest BCUT2D eigenvalue weighted by molar-refractivity contribution is 5.85. The number of ether oxygens (including phenoxy) is 2. The number of amides is 1. The molecule has 0 radical (unpaired) electrons. The van der Waals surface area contributed by atoms with E-state index in [0.717, 1.165) is 41.5 Å². The fraction of sp³-hybridized carbons (Fsp3) is 0.391. The molecule has 4 rings (SSSR count). The Morgan fingerprint density at radius 2 is 1.73 bits per heavy atom. The standard InChI is InChI=1S/C23H26N2O5/c24-20(13-21(26)25-30-22-11-5-6-12-28-22)23(27)29-14-19-17-9-3-1-7-15(17)16-8-2-4-10-18(16)19/h1-4,7-10,19-20,22H,5-6,11-14,24H2,(H,25,26)/t20-,22-/m0/s1. The third-order valence-electron chi connectivity index (χ3n) is 5.51. The maximum atomic E-state index is 12.4. The number of carbonyl (C=O) groups is 2. The third kappa shape index (κ3) is 4.53. The van der Waals surface area contributed by atoms with Crippen molar-refractivity contribution in [1.29, 1.82) is 0 Å². The highest BCUT2D eigenvalue weighted by Gasteiger charge is 2.30.